The van der Waals surface area contributed by atoms with Gasteiger partial charge in [0.1, 0.15) is 48.8 Å². The summed E-state index contributed by atoms with van der Waals surface area (Å²) in [6.45, 7) is 3.48. The number of nitrogens with one attached hydrogen (secondary N) is 2. The van der Waals surface area contributed by atoms with Crippen LogP contribution in [0.5, 0.6) is 0 Å². The largest absolute Gasteiger partial charge is 0.463 e. The van der Waals surface area contributed by atoms with Crippen molar-refractivity contribution in [3.05, 3.63) is 227 Å². The van der Waals surface area contributed by atoms with Crippen molar-refractivity contribution in [3.63, 3.8) is 0 Å². The summed E-state index contributed by atoms with van der Waals surface area (Å²) in [4.78, 5) is 29.2. The topological polar surface area (TPSA) is 141 Å². The third-order valence-electron chi connectivity index (χ3n) is 12.8. The van der Waals surface area contributed by atoms with Crippen molar-refractivity contribution in [2.75, 3.05) is 19.8 Å². The molecule has 0 aromatic heterocycles. The van der Waals surface area contributed by atoms with Crippen LogP contribution in [-0.2, 0) is 87.1 Å². The van der Waals surface area contributed by atoms with E-state index in [0.717, 1.165) is 33.4 Å². The number of hydrogen-bond acceptors (Lipinski definition) is 11. The molecule has 0 aliphatic carbocycles. The van der Waals surface area contributed by atoms with Gasteiger partial charge in [0.05, 0.1) is 76.8 Å². The first kappa shape index (κ1) is 50.4. The van der Waals surface area contributed by atoms with Crippen molar-refractivity contribution in [3.8, 4) is 0 Å². The zero-order valence-electron chi connectivity index (χ0n) is 40.4. The molecule has 6 aromatic carbocycles. The fourth-order valence-electron chi connectivity index (χ4n) is 9.35. The SMILES string of the molecule is CCOC(=O)C1=C([C@@H]2O[C@H](COCc3ccccc3)[C@@H](OCc3ccccc3)[C@H]2OCc2ccccc2)NC(=O)N[C@H]1[C@@H]1O[C@H](COCc2ccccc2)[C@@H](OCc2ccccc2)[C@H]1OCc1ccccc1. The summed E-state index contributed by atoms with van der Waals surface area (Å²) in [6.07, 6.45) is -6.64. The molecular formula is C59H62N2O11. The van der Waals surface area contributed by atoms with Crippen molar-refractivity contribution >= 4 is 12.0 Å². The van der Waals surface area contributed by atoms with Crippen LogP contribution in [0.2, 0.25) is 0 Å². The molecule has 0 radical (unpaired) electrons. The van der Waals surface area contributed by atoms with Crippen molar-refractivity contribution in [2.24, 2.45) is 0 Å². The van der Waals surface area contributed by atoms with Crippen LogP contribution < -0.4 is 10.6 Å². The summed E-state index contributed by atoms with van der Waals surface area (Å²) in [5, 5.41) is 6.05. The van der Waals surface area contributed by atoms with Gasteiger partial charge in [-0.25, -0.2) is 9.59 Å². The molecule has 3 heterocycles. The molecule has 374 valence electrons. The molecule has 2 saturated heterocycles. The highest BCUT2D eigenvalue weighted by atomic mass is 16.6. The number of hydrogen-bond donors (Lipinski definition) is 2. The number of urea groups is 1. The Hall–Kier alpha value is -6.52. The number of carbonyl (C=O) groups is 2. The molecule has 3 aliphatic rings. The average Bonchev–Trinajstić information content (AvgIpc) is 3.96. The number of ether oxygens (including phenoxy) is 9. The van der Waals surface area contributed by atoms with E-state index in [4.69, 9.17) is 42.6 Å². The fourth-order valence-corrected chi connectivity index (χ4v) is 9.35. The monoisotopic (exact) mass is 974 g/mol. The van der Waals surface area contributed by atoms with Crippen LogP contribution in [0.4, 0.5) is 4.79 Å². The van der Waals surface area contributed by atoms with Gasteiger partial charge < -0.3 is 53.3 Å². The van der Waals surface area contributed by atoms with Crippen molar-refractivity contribution in [1.29, 1.82) is 0 Å². The molecule has 72 heavy (non-hydrogen) atoms. The van der Waals surface area contributed by atoms with Crippen molar-refractivity contribution < 1.29 is 52.2 Å². The minimum absolute atomic E-state index is 0.0483. The van der Waals surface area contributed by atoms with Crippen LogP contribution in [0.25, 0.3) is 0 Å². The second-order valence-electron chi connectivity index (χ2n) is 17.9. The van der Waals surface area contributed by atoms with Crippen molar-refractivity contribution in [2.45, 2.75) is 101 Å². The van der Waals surface area contributed by atoms with Crippen molar-refractivity contribution in [1.82, 2.24) is 10.6 Å². The Labute approximate surface area is 421 Å². The number of esters is 1. The highest BCUT2D eigenvalue weighted by molar-refractivity contribution is 5.95. The van der Waals surface area contributed by atoms with Crippen LogP contribution in [0.3, 0.4) is 0 Å². The summed E-state index contributed by atoms with van der Waals surface area (Å²) in [7, 11) is 0. The first-order valence-corrected chi connectivity index (χ1v) is 24.7. The van der Waals surface area contributed by atoms with E-state index in [0.29, 0.717) is 13.2 Å². The summed E-state index contributed by atoms with van der Waals surface area (Å²) >= 11 is 0. The highest BCUT2D eigenvalue weighted by Gasteiger charge is 2.56. The van der Waals surface area contributed by atoms with Gasteiger partial charge in [-0.15, -0.1) is 0 Å². The van der Waals surface area contributed by atoms with Gasteiger partial charge in [0, 0.05) is 0 Å². The van der Waals surface area contributed by atoms with Gasteiger partial charge in [0.2, 0.25) is 0 Å². The van der Waals surface area contributed by atoms with E-state index in [-0.39, 0.29) is 57.5 Å². The summed E-state index contributed by atoms with van der Waals surface area (Å²) in [6, 6.07) is 57.3. The molecule has 0 spiro atoms. The normalized spacial score (nSPS) is 23.9. The summed E-state index contributed by atoms with van der Waals surface area (Å²) in [5.41, 5.74) is 5.95. The number of amides is 2. The molecule has 13 nitrogen and oxygen atoms in total. The smallest absolute Gasteiger partial charge is 0.338 e. The molecule has 0 saturated carbocycles. The number of carbonyl (C=O) groups excluding carboxylic acids is 2. The second kappa shape index (κ2) is 25.7. The summed E-state index contributed by atoms with van der Waals surface area (Å²) in [5.74, 6) is -0.683. The molecule has 9 atom stereocenters. The Balaban J connectivity index is 1.10. The predicted octanol–water partition coefficient (Wildman–Crippen LogP) is 8.80. The van der Waals surface area contributed by atoms with E-state index >= 15 is 0 Å². The van der Waals surface area contributed by atoms with E-state index in [1.807, 2.05) is 182 Å². The van der Waals surface area contributed by atoms with Crippen LogP contribution in [0, 0.1) is 0 Å². The van der Waals surface area contributed by atoms with E-state index in [1.165, 1.54) is 0 Å². The minimum Gasteiger partial charge on any atom is -0.463 e. The molecule has 2 amide bonds. The quantitative estimate of drug-likeness (QED) is 0.0563. The molecular weight excluding hydrogens is 913 g/mol. The molecule has 2 fully saturated rings. The van der Waals surface area contributed by atoms with E-state index in [2.05, 4.69) is 10.6 Å². The van der Waals surface area contributed by atoms with E-state index < -0.39 is 66.9 Å². The van der Waals surface area contributed by atoms with Gasteiger partial charge in [0.25, 0.3) is 0 Å². The number of benzene rings is 6. The predicted molar refractivity (Wildman–Crippen MR) is 269 cm³/mol. The van der Waals surface area contributed by atoms with Gasteiger partial charge in [-0.3, -0.25) is 0 Å². The van der Waals surface area contributed by atoms with Gasteiger partial charge in [-0.2, -0.15) is 0 Å². The Kier molecular flexibility index (Phi) is 18.0. The third kappa shape index (κ3) is 13.3. The third-order valence-corrected chi connectivity index (χ3v) is 12.8. The molecule has 0 bridgehead atoms. The molecule has 0 unspecified atom stereocenters. The van der Waals surface area contributed by atoms with Crippen LogP contribution >= 0.6 is 0 Å². The maximum absolute atomic E-state index is 14.8. The fraction of sp³-hybridized carbons (Fsp3) is 0.322. The van der Waals surface area contributed by atoms with Crippen LogP contribution in [0.15, 0.2) is 193 Å². The Morgan fingerprint density at radius 3 is 1.25 bits per heavy atom. The lowest BCUT2D eigenvalue weighted by atomic mass is 9.90. The standard InChI is InChI=1S/C59H62N2O11/c1-2-66-58(62)49-50(54-56(69-37-45-29-17-7-18-30-45)52(67-35-43-25-13-5-14-26-43)47(71-54)39-64-33-41-21-9-3-10-22-41)60-59(63)61-51(49)55-57(70-38-46-31-19-8-20-32-46)53(68-36-44-27-15-6-16-28-44)48(72-55)40-65-34-42-23-11-4-12-24-42/h3-32,47-48,50,52-57H,2,33-40H2,1H3,(H2,60,61,63)/t47-,48-,50-,52-,53-,54+,55+,56-,57-/m1/s1. The van der Waals surface area contributed by atoms with Crippen LogP contribution in [-0.4, -0.2) is 86.7 Å². The van der Waals surface area contributed by atoms with E-state index in [1.54, 1.807) is 6.92 Å². The van der Waals surface area contributed by atoms with Crippen LogP contribution in [0.1, 0.15) is 40.3 Å². The van der Waals surface area contributed by atoms with Gasteiger partial charge in [0.15, 0.2) is 0 Å². The minimum atomic E-state index is -1.13. The summed E-state index contributed by atoms with van der Waals surface area (Å²) < 4.78 is 60.0. The van der Waals surface area contributed by atoms with E-state index in [9.17, 15) is 9.59 Å². The maximum Gasteiger partial charge on any atom is 0.338 e. The molecule has 9 rings (SSSR count). The maximum atomic E-state index is 14.8. The first-order valence-electron chi connectivity index (χ1n) is 24.7. The molecule has 3 aliphatic heterocycles. The molecule has 13 heteroatoms. The van der Waals surface area contributed by atoms with Gasteiger partial charge in [-0.05, 0) is 40.3 Å². The number of rotatable bonds is 24. The Bertz CT molecular complexity index is 2610. The van der Waals surface area contributed by atoms with Gasteiger partial charge >= 0.3 is 12.0 Å². The second-order valence-corrected chi connectivity index (χ2v) is 17.9. The zero-order valence-corrected chi connectivity index (χ0v) is 40.4. The molecule has 6 aromatic rings. The average molecular weight is 975 g/mol. The lowest BCUT2D eigenvalue weighted by Crippen LogP contribution is -2.60. The Morgan fingerprint density at radius 1 is 0.472 bits per heavy atom. The lowest BCUT2D eigenvalue weighted by molar-refractivity contribution is -0.140. The lowest BCUT2D eigenvalue weighted by Gasteiger charge is -2.37. The first-order chi connectivity index (χ1) is 35.5. The zero-order chi connectivity index (χ0) is 49.3. The Morgan fingerprint density at radius 2 is 0.833 bits per heavy atom. The molecule has 2 N–H and O–H groups in total. The van der Waals surface area contributed by atoms with Gasteiger partial charge in [-0.1, -0.05) is 182 Å². The highest BCUT2D eigenvalue weighted by Crippen LogP contribution is 2.39.